The highest BCUT2D eigenvalue weighted by molar-refractivity contribution is 14.0. The van der Waals surface area contributed by atoms with Gasteiger partial charge in [0.2, 0.25) is 0 Å². The molecule has 0 amide bonds. The van der Waals surface area contributed by atoms with Crippen molar-refractivity contribution >= 4 is 35.6 Å². The van der Waals surface area contributed by atoms with Crippen LogP contribution >= 0.6 is 24.0 Å². The Hall–Kier alpha value is -2.34. The maximum Gasteiger partial charge on any atom is 0.411 e. The summed E-state index contributed by atoms with van der Waals surface area (Å²) in [6.07, 6.45) is 0.438. The Labute approximate surface area is 202 Å². The molecule has 0 saturated heterocycles. The molecule has 0 radical (unpaired) electrons. The summed E-state index contributed by atoms with van der Waals surface area (Å²) in [6, 6.07) is 13.1. The van der Waals surface area contributed by atoms with E-state index in [4.69, 9.17) is 0 Å². The van der Waals surface area contributed by atoms with Crippen molar-refractivity contribution in [2.75, 3.05) is 19.7 Å². The first-order chi connectivity index (χ1) is 14.9. The van der Waals surface area contributed by atoms with E-state index in [0.717, 1.165) is 29.9 Å². The van der Waals surface area contributed by atoms with Gasteiger partial charge < -0.3 is 19.8 Å². The lowest BCUT2D eigenvalue weighted by atomic mass is 10.1. The second-order valence-electron chi connectivity index (χ2n) is 6.99. The molecule has 0 aliphatic rings. The molecule has 6 nitrogen and oxygen atoms in total. The number of alkyl halides is 3. The predicted octanol–water partition coefficient (Wildman–Crippen LogP) is 4.33. The fourth-order valence-electron chi connectivity index (χ4n) is 2.95. The van der Waals surface area contributed by atoms with Crippen LogP contribution in [-0.2, 0) is 24.3 Å². The van der Waals surface area contributed by atoms with Crippen molar-refractivity contribution in [2.24, 2.45) is 4.99 Å². The van der Waals surface area contributed by atoms with Gasteiger partial charge >= 0.3 is 6.18 Å². The average Bonchev–Trinajstić information content (AvgIpc) is 3.15. The van der Waals surface area contributed by atoms with Crippen LogP contribution in [0.3, 0.4) is 0 Å². The van der Waals surface area contributed by atoms with Gasteiger partial charge in [0.05, 0.1) is 18.8 Å². The Kier molecular flexibility index (Phi) is 10.2. The molecule has 0 saturated carbocycles. The van der Waals surface area contributed by atoms with Crippen LogP contribution in [0.1, 0.15) is 23.7 Å². The van der Waals surface area contributed by atoms with E-state index in [2.05, 4.69) is 25.3 Å². The summed E-state index contributed by atoms with van der Waals surface area (Å²) < 4.78 is 43.1. The van der Waals surface area contributed by atoms with Gasteiger partial charge in [-0.3, -0.25) is 0 Å². The average molecular weight is 561 g/mol. The van der Waals surface area contributed by atoms with Gasteiger partial charge in [0.25, 0.3) is 0 Å². The summed E-state index contributed by atoms with van der Waals surface area (Å²) in [5.41, 5.74) is 3.56. The van der Waals surface area contributed by atoms with Gasteiger partial charge in [-0.15, -0.1) is 24.0 Å². The lowest BCUT2D eigenvalue weighted by molar-refractivity contribution is -0.176. The van der Waals surface area contributed by atoms with Gasteiger partial charge in [-0.2, -0.15) is 13.2 Å². The standard InChI is InChI=1S/C22H26F3N5O.HI/c1-2-26-21(27-11-10-19-14-30-12-4-3-5-20(30)29-19)28-13-17-6-8-18(9-7-17)15-31-16-22(23,24)25;/h3-9,12,14H,2,10-11,13,15-16H2,1H3,(H2,26,27,28);1H. The molecule has 0 spiro atoms. The number of hydrogen-bond donors (Lipinski definition) is 2. The maximum atomic E-state index is 12.1. The van der Waals surface area contributed by atoms with E-state index in [9.17, 15) is 13.2 Å². The number of rotatable bonds is 9. The van der Waals surface area contributed by atoms with E-state index in [0.29, 0.717) is 24.6 Å². The zero-order valence-corrected chi connectivity index (χ0v) is 20.1. The Morgan fingerprint density at radius 2 is 1.84 bits per heavy atom. The fourth-order valence-corrected chi connectivity index (χ4v) is 2.95. The number of aromatic nitrogens is 2. The molecule has 0 aliphatic carbocycles. The molecule has 0 atom stereocenters. The Bertz CT molecular complexity index is 956. The first kappa shape index (κ1) is 25.9. The number of imidazole rings is 1. The van der Waals surface area contributed by atoms with Gasteiger partial charge in [-0.05, 0) is 30.2 Å². The van der Waals surface area contributed by atoms with Gasteiger partial charge in [0.1, 0.15) is 12.3 Å². The maximum absolute atomic E-state index is 12.1. The number of hydrogen-bond acceptors (Lipinski definition) is 3. The zero-order valence-electron chi connectivity index (χ0n) is 17.7. The van der Waals surface area contributed by atoms with E-state index in [-0.39, 0.29) is 30.6 Å². The normalized spacial score (nSPS) is 11.9. The summed E-state index contributed by atoms with van der Waals surface area (Å²) in [5.74, 6) is 0.698. The molecular formula is C22H27F3IN5O. The fraction of sp³-hybridized carbons (Fsp3) is 0.364. The molecule has 2 heterocycles. The van der Waals surface area contributed by atoms with Crippen LogP contribution in [0.25, 0.3) is 5.65 Å². The third-order valence-electron chi connectivity index (χ3n) is 4.41. The molecule has 174 valence electrons. The van der Waals surface area contributed by atoms with Crippen molar-refractivity contribution in [3.8, 4) is 0 Å². The zero-order chi connectivity index (χ0) is 22.1. The SMILES string of the molecule is CCNC(=NCc1ccc(COCC(F)(F)F)cc1)NCCc1cn2ccccc2n1.I. The number of ether oxygens (including phenoxy) is 1. The largest absolute Gasteiger partial charge is 0.411 e. The van der Waals surface area contributed by atoms with E-state index < -0.39 is 12.8 Å². The second kappa shape index (κ2) is 12.6. The van der Waals surface area contributed by atoms with Crippen molar-refractivity contribution in [2.45, 2.75) is 32.7 Å². The molecule has 0 bridgehead atoms. The summed E-state index contributed by atoms with van der Waals surface area (Å²) >= 11 is 0. The number of fused-ring (bicyclic) bond motifs is 1. The highest BCUT2D eigenvalue weighted by Gasteiger charge is 2.27. The summed E-state index contributed by atoms with van der Waals surface area (Å²) in [4.78, 5) is 9.15. The molecule has 3 aromatic rings. The number of guanidine groups is 1. The number of nitrogens with zero attached hydrogens (tertiary/aromatic N) is 3. The number of aliphatic imine (C=N–C) groups is 1. The van der Waals surface area contributed by atoms with Crippen LogP contribution < -0.4 is 10.6 Å². The highest BCUT2D eigenvalue weighted by atomic mass is 127. The van der Waals surface area contributed by atoms with E-state index in [1.54, 1.807) is 12.1 Å². The van der Waals surface area contributed by atoms with Gasteiger partial charge in [-0.25, -0.2) is 9.98 Å². The minimum absolute atomic E-state index is 0. The monoisotopic (exact) mass is 561 g/mol. The summed E-state index contributed by atoms with van der Waals surface area (Å²) in [6.45, 7) is 2.55. The summed E-state index contributed by atoms with van der Waals surface area (Å²) in [5, 5.41) is 6.51. The van der Waals surface area contributed by atoms with Gasteiger partial charge in [0.15, 0.2) is 5.96 Å². The molecule has 0 fully saturated rings. The molecule has 2 aromatic heterocycles. The van der Waals surface area contributed by atoms with Crippen molar-refractivity contribution < 1.29 is 17.9 Å². The first-order valence-electron chi connectivity index (χ1n) is 10.1. The van der Waals surface area contributed by atoms with Crippen LogP contribution in [0.2, 0.25) is 0 Å². The molecular weight excluding hydrogens is 534 g/mol. The molecule has 10 heteroatoms. The number of pyridine rings is 1. The van der Waals surface area contributed by atoms with Gasteiger partial charge in [-0.1, -0.05) is 30.3 Å². The Morgan fingerprint density at radius 1 is 1.09 bits per heavy atom. The third-order valence-corrected chi connectivity index (χ3v) is 4.41. The lowest BCUT2D eigenvalue weighted by Crippen LogP contribution is -2.38. The van der Waals surface area contributed by atoms with Crippen LogP contribution in [0.4, 0.5) is 13.2 Å². The quantitative estimate of drug-likeness (QED) is 0.232. The molecule has 1 aromatic carbocycles. The van der Waals surface area contributed by atoms with Crippen LogP contribution in [0, 0.1) is 0 Å². The highest BCUT2D eigenvalue weighted by Crippen LogP contribution is 2.16. The van der Waals surface area contributed by atoms with Crippen LogP contribution in [0.15, 0.2) is 59.9 Å². The van der Waals surface area contributed by atoms with Crippen molar-refractivity contribution in [3.63, 3.8) is 0 Å². The van der Waals surface area contributed by atoms with Crippen molar-refractivity contribution in [1.29, 1.82) is 0 Å². The Balaban J connectivity index is 0.00000363. The molecule has 0 unspecified atom stereocenters. The van der Waals surface area contributed by atoms with Gasteiger partial charge in [0, 0.05) is 31.9 Å². The third kappa shape index (κ3) is 8.65. The topological polar surface area (TPSA) is 63.0 Å². The number of halogens is 4. The summed E-state index contributed by atoms with van der Waals surface area (Å²) in [7, 11) is 0. The van der Waals surface area contributed by atoms with E-state index in [1.807, 2.05) is 54.0 Å². The smallest absolute Gasteiger partial charge is 0.367 e. The van der Waals surface area contributed by atoms with Crippen LogP contribution in [-0.4, -0.2) is 41.2 Å². The Morgan fingerprint density at radius 3 is 2.53 bits per heavy atom. The van der Waals surface area contributed by atoms with Crippen LogP contribution in [0.5, 0.6) is 0 Å². The first-order valence-corrected chi connectivity index (χ1v) is 10.1. The van der Waals surface area contributed by atoms with E-state index in [1.165, 1.54) is 0 Å². The molecule has 0 aliphatic heterocycles. The van der Waals surface area contributed by atoms with E-state index >= 15 is 0 Å². The molecule has 3 rings (SSSR count). The molecule has 32 heavy (non-hydrogen) atoms. The minimum Gasteiger partial charge on any atom is -0.367 e. The lowest BCUT2D eigenvalue weighted by Gasteiger charge is -2.11. The van der Waals surface area contributed by atoms with Crippen molar-refractivity contribution in [3.05, 3.63) is 71.7 Å². The number of benzene rings is 1. The minimum atomic E-state index is -4.31. The van der Waals surface area contributed by atoms with Crippen molar-refractivity contribution in [1.82, 2.24) is 20.0 Å². The second-order valence-corrected chi connectivity index (χ2v) is 6.99. The molecule has 2 N–H and O–H groups in total. The number of nitrogens with one attached hydrogen (secondary N) is 2. The predicted molar refractivity (Wildman–Crippen MR) is 129 cm³/mol.